The van der Waals surface area contributed by atoms with E-state index < -0.39 is 0 Å². The van der Waals surface area contributed by atoms with Crippen LogP contribution in [0, 0.1) is 0 Å². The molecule has 0 radical (unpaired) electrons. The van der Waals surface area contributed by atoms with E-state index in [0.717, 1.165) is 56.0 Å². The molecule has 1 unspecified atom stereocenters. The first-order valence-corrected chi connectivity index (χ1v) is 11.5. The molecule has 2 aliphatic heterocycles. The molecular weight excluding hydrogens is 390 g/mol. The number of fused-ring (bicyclic) bond motifs is 1. The van der Waals surface area contributed by atoms with Gasteiger partial charge in [0.2, 0.25) is 0 Å². The normalized spacial score (nSPS) is 18.3. The molecule has 31 heavy (non-hydrogen) atoms. The second-order valence-electron chi connectivity index (χ2n) is 8.33. The summed E-state index contributed by atoms with van der Waals surface area (Å²) in [5, 5.41) is 15.7. The van der Waals surface area contributed by atoms with Crippen LogP contribution in [0.25, 0.3) is 0 Å². The van der Waals surface area contributed by atoms with Crippen molar-refractivity contribution in [2.24, 2.45) is 4.99 Å². The molecule has 4 rings (SSSR count). The van der Waals surface area contributed by atoms with Crippen molar-refractivity contribution in [2.75, 3.05) is 33.8 Å². The molecule has 0 amide bonds. The molecule has 2 N–H and O–H groups in total. The predicted molar refractivity (Wildman–Crippen MR) is 122 cm³/mol. The zero-order valence-corrected chi connectivity index (χ0v) is 18.8. The predicted octanol–water partition coefficient (Wildman–Crippen LogP) is 2.52. The van der Waals surface area contributed by atoms with Crippen molar-refractivity contribution < 1.29 is 4.74 Å². The molecule has 1 aromatic carbocycles. The van der Waals surface area contributed by atoms with Gasteiger partial charge in [-0.2, -0.15) is 0 Å². The number of rotatable bonds is 7. The summed E-state index contributed by atoms with van der Waals surface area (Å²) in [6.07, 6.45) is 7.28. The largest absolute Gasteiger partial charge is 0.497 e. The summed E-state index contributed by atoms with van der Waals surface area (Å²) >= 11 is 0. The Bertz CT molecular complexity index is 855. The van der Waals surface area contributed by atoms with Gasteiger partial charge in [0, 0.05) is 26.6 Å². The van der Waals surface area contributed by atoms with Gasteiger partial charge in [-0.3, -0.25) is 9.89 Å². The molecule has 8 nitrogen and oxygen atoms in total. The van der Waals surface area contributed by atoms with E-state index in [0.29, 0.717) is 12.6 Å². The maximum atomic E-state index is 5.35. The average Bonchev–Trinajstić information content (AvgIpc) is 3.25. The lowest BCUT2D eigenvalue weighted by atomic mass is 10.0. The Kier molecular flexibility index (Phi) is 7.40. The van der Waals surface area contributed by atoms with Gasteiger partial charge in [0.15, 0.2) is 11.8 Å². The van der Waals surface area contributed by atoms with Crippen LogP contribution in [0.4, 0.5) is 0 Å². The van der Waals surface area contributed by atoms with Gasteiger partial charge in [0.1, 0.15) is 11.6 Å². The SMILES string of the molecule is CN=C(NCc1nnc2n1CCCC2)NCC(c1ccc(OC)cc1)N1CCCCC1. The standard InChI is InChI=1S/C23H35N7O/c1-24-23(26-17-22-28-27-21-8-4-7-15-30(21)22)25-16-20(29-13-5-3-6-14-29)18-9-11-19(31-2)12-10-18/h9-12,20H,3-8,13-17H2,1-2H3,(H2,24,25,26). The summed E-state index contributed by atoms with van der Waals surface area (Å²) in [7, 11) is 3.53. The van der Waals surface area contributed by atoms with Crippen molar-refractivity contribution in [3.8, 4) is 5.75 Å². The van der Waals surface area contributed by atoms with Gasteiger partial charge in [-0.1, -0.05) is 18.6 Å². The highest BCUT2D eigenvalue weighted by atomic mass is 16.5. The quantitative estimate of drug-likeness (QED) is 0.524. The number of ether oxygens (including phenoxy) is 1. The monoisotopic (exact) mass is 425 g/mol. The fourth-order valence-corrected chi connectivity index (χ4v) is 4.59. The molecule has 0 saturated carbocycles. The lowest BCUT2D eigenvalue weighted by Gasteiger charge is -2.35. The molecular formula is C23H35N7O. The third kappa shape index (κ3) is 5.36. The first-order chi connectivity index (χ1) is 15.3. The zero-order chi connectivity index (χ0) is 21.5. The summed E-state index contributed by atoms with van der Waals surface area (Å²) in [5.41, 5.74) is 1.30. The summed E-state index contributed by atoms with van der Waals surface area (Å²) in [4.78, 5) is 7.02. The van der Waals surface area contributed by atoms with Crippen LogP contribution < -0.4 is 15.4 Å². The average molecular weight is 426 g/mol. The van der Waals surface area contributed by atoms with E-state index >= 15 is 0 Å². The Morgan fingerprint density at radius 3 is 2.55 bits per heavy atom. The summed E-state index contributed by atoms with van der Waals surface area (Å²) < 4.78 is 7.59. The van der Waals surface area contributed by atoms with Crippen LogP contribution in [-0.2, 0) is 19.5 Å². The van der Waals surface area contributed by atoms with E-state index in [2.05, 4.69) is 47.4 Å². The number of hydrogen-bond donors (Lipinski definition) is 2. The molecule has 8 heteroatoms. The summed E-state index contributed by atoms with van der Waals surface area (Å²) in [6, 6.07) is 8.75. The summed E-state index contributed by atoms with van der Waals surface area (Å²) in [5.74, 6) is 3.78. The van der Waals surface area contributed by atoms with Gasteiger partial charge in [0.05, 0.1) is 19.7 Å². The lowest BCUT2D eigenvalue weighted by Crippen LogP contribution is -2.44. The van der Waals surface area contributed by atoms with E-state index in [1.807, 2.05) is 19.2 Å². The molecule has 1 saturated heterocycles. The fraction of sp³-hybridized carbons (Fsp3) is 0.609. The number of piperidine rings is 1. The minimum absolute atomic E-state index is 0.297. The minimum atomic E-state index is 0.297. The Labute approximate surface area is 185 Å². The molecule has 3 heterocycles. The molecule has 0 spiro atoms. The minimum Gasteiger partial charge on any atom is -0.497 e. The topological polar surface area (TPSA) is 79.6 Å². The number of likely N-dealkylation sites (tertiary alicyclic amines) is 1. The van der Waals surface area contributed by atoms with Gasteiger partial charge >= 0.3 is 0 Å². The lowest BCUT2D eigenvalue weighted by molar-refractivity contribution is 0.164. The van der Waals surface area contributed by atoms with Crippen molar-refractivity contribution in [2.45, 2.75) is 57.7 Å². The zero-order valence-electron chi connectivity index (χ0n) is 18.8. The third-order valence-corrected chi connectivity index (χ3v) is 6.37. The van der Waals surface area contributed by atoms with Crippen LogP contribution in [0.15, 0.2) is 29.3 Å². The fourth-order valence-electron chi connectivity index (χ4n) is 4.59. The van der Waals surface area contributed by atoms with Crippen LogP contribution in [0.1, 0.15) is 55.4 Å². The highest BCUT2D eigenvalue weighted by Gasteiger charge is 2.23. The molecule has 1 atom stereocenters. The van der Waals surface area contributed by atoms with Gasteiger partial charge in [-0.25, -0.2) is 0 Å². The van der Waals surface area contributed by atoms with Gasteiger partial charge in [0.25, 0.3) is 0 Å². The van der Waals surface area contributed by atoms with E-state index in [4.69, 9.17) is 4.74 Å². The molecule has 168 valence electrons. The number of hydrogen-bond acceptors (Lipinski definition) is 5. The van der Waals surface area contributed by atoms with Crippen molar-refractivity contribution in [3.63, 3.8) is 0 Å². The van der Waals surface area contributed by atoms with Crippen LogP contribution in [0.2, 0.25) is 0 Å². The van der Waals surface area contributed by atoms with E-state index in [9.17, 15) is 0 Å². The molecule has 0 aliphatic carbocycles. The van der Waals surface area contributed by atoms with Crippen molar-refractivity contribution in [1.82, 2.24) is 30.3 Å². The maximum absolute atomic E-state index is 5.35. The number of guanidine groups is 1. The molecule has 1 aromatic heterocycles. The number of methoxy groups -OCH3 is 1. The van der Waals surface area contributed by atoms with Crippen LogP contribution >= 0.6 is 0 Å². The third-order valence-electron chi connectivity index (χ3n) is 6.37. The number of aromatic nitrogens is 3. The first-order valence-electron chi connectivity index (χ1n) is 11.5. The summed E-state index contributed by atoms with van der Waals surface area (Å²) in [6.45, 7) is 4.71. The number of aliphatic imine (C=N–C) groups is 1. The van der Waals surface area contributed by atoms with Crippen molar-refractivity contribution >= 4 is 5.96 Å². The Morgan fingerprint density at radius 1 is 1.03 bits per heavy atom. The molecule has 2 aliphatic rings. The number of nitrogens with zero attached hydrogens (tertiary/aromatic N) is 5. The van der Waals surface area contributed by atoms with E-state index in [1.165, 1.54) is 37.7 Å². The number of aryl methyl sites for hydroxylation is 1. The second-order valence-corrected chi connectivity index (χ2v) is 8.33. The van der Waals surface area contributed by atoms with Crippen LogP contribution in [0.3, 0.4) is 0 Å². The molecule has 2 aromatic rings. The van der Waals surface area contributed by atoms with E-state index in [-0.39, 0.29) is 0 Å². The van der Waals surface area contributed by atoms with Gasteiger partial charge < -0.3 is 19.9 Å². The van der Waals surface area contributed by atoms with Crippen LogP contribution in [0.5, 0.6) is 5.75 Å². The van der Waals surface area contributed by atoms with Crippen molar-refractivity contribution in [1.29, 1.82) is 0 Å². The highest BCUT2D eigenvalue weighted by molar-refractivity contribution is 5.79. The van der Waals surface area contributed by atoms with Crippen LogP contribution in [-0.4, -0.2) is 59.4 Å². The maximum Gasteiger partial charge on any atom is 0.191 e. The molecule has 0 bridgehead atoms. The highest BCUT2D eigenvalue weighted by Crippen LogP contribution is 2.26. The molecule has 1 fully saturated rings. The smallest absolute Gasteiger partial charge is 0.191 e. The van der Waals surface area contributed by atoms with Gasteiger partial charge in [-0.15, -0.1) is 10.2 Å². The number of benzene rings is 1. The Hall–Kier alpha value is -2.61. The first kappa shape index (κ1) is 21.6. The van der Waals surface area contributed by atoms with Crippen molar-refractivity contribution in [3.05, 3.63) is 41.5 Å². The van der Waals surface area contributed by atoms with Gasteiger partial charge in [-0.05, 0) is 56.5 Å². The Balaban J connectivity index is 1.39. The second kappa shape index (κ2) is 10.6. The van der Waals surface area contributed by atoms with E-state index in [1.54, 1.807) is 7.11 Å². The Morgan fingerprint density at radius 2 is 1.81 bits per heavy atom. The number of nitrogens with one attached hydrogen (secondary N) is 2.